The van der Waals surface area contributed by atoms with Crippen molar-refractivity contribution >= 4 is 22.5 Å². The first-order valence-corrected chi connectivity index (χ1v) is 3.98. The van der Waals surface area contributed by atoms with Crippen LogP contribution >= 0.6 is 11.6 Å². The number of nitrogens with zero attached hydrogens (tertiary/aromatic N) is 1. The van der Waals surface area contributed by atoms with E-state index in [-0.39, 0.29) is 0 Å². The van der Waals surface area contributed by atoms with Crippen LogP contribution in [0.5, 0.6) is 0 Å². The van der Waals surface area contributed by atoms with Crippen molar-refractivity contribution in [3.8, 4) is 5.69 Å². The van der Waals surface area contributed by atoms with Crippen LogP contribution in [0, 0.1) is 6.92 Å². The maximum atomic E-state index is 5.84. The van der Waals surface area contributed by atoms with Crippen molar-refractivity contribution < 1.29 is 0 Å². The molecular weight excluding hydrogens is 158 g/mol. The lowest BCUT2D eigenvalue weighted by molar-refractivity contribution is 1.26. The van der Waals surface area contributed by atoms with E-state index >= 15 is 0 Å². The summed E-state index contributed by atoms with van der Waals surface area (Å²) < 4.78 is 2.24. The van der Waals surface area contributed by atoms with Gasteiger partial charge in [-0.05, 0) is 25.1 Å². The third-order valence-electron chi connectivity index (χ3n) is 2.31. The first kappa shape index (κ1) is 5.67. The predicted molar refractivity (Wildman–Crippen MR) is 46.6 cm³/mol. The van der Waals surface area contributed by atoms with Gasteiger partial charge in [0.25, 0.3) is 0 Å². The second-order valence-electron chi connectivity index (χ2n) is 2.93. The number of halogens is 1. The lowest BCUT2D eigenvalue weighted by Gasteiger charge is -2.03. The van der Waals surface area contributed by atoms with Gasteiger partial charge in [-0.2, -0.15) is 0 Å². The number of aromatic nitrogens is 1. The summed E-state index contributed by atoms with van der Waals surface area (Å²) >= 11 is 5.84. The van der Waals surface area contributed by atoms with E-state index < -0.39 is 0 Å². The van der Waals surface area contributed by atoms with E-state index in [1.54, 1.807) is 0 Å². The Balaban J connectivity index is 2.49. The Bertz CT molecular complexity index is 468. The summed E-state index contributed by atoms with van der Waals surface area (Å²) in [6, 6.07) is 6.03. The quantitative estimate of drug-likeness (QED) is 0.480. The molecular formula is C9H6ClN. The van der Waals surface area contributed by atoms with Crippen molar-refractivity contribution in [2.45, 2.75) is 6.92 Å². The van der Waals surface area contributed by atoms with Crippen LogP contribution in [0.1, 0.15) is 5.69 Å². The van der Waals surface area contributed by atoms with E-state index in [2.05, 4.69) is 17.6 Å². The van der Waals surface area contributed by atoms with Gasteiger partial charge in [-0.25, -0.2) is 0 Å². The van der Waals surface area contributed by atoms with Crippen LogP contribution in [0.4, 0.5) is 0 Å². The maximum Gasteiger partial charge on any atom is 0.0749 e. The average Bonchev–Trinajstić information content (AvgIpc) is 2.52. The second-order valence-corrected chi connectivity index (χ2v) is 3.37. The molecule has 54 valence electrons. The van der Waals surface area contributed by atoms with Crippen LogP contribution < -0.4 is 0 Å². The molecule has 2 aliphatic rings. The van der Waals surface area contributed by atoms with Gasteiger partial charge in [-0.3, -0.25) is 0 Å². The zero-order chi connectivity index (χ0) is 7.59. The molecule has 0 saturated heterocycles. The Morgan fingerprint density at radius 3 is 3.00 bits per heavy atom. The highest BCUT2D eigenvalue weighted by Gasteiger charge is 2.28. The molecule has 0 amide bonds. The van der Waals surface area contributed by atoms with Crippen LogP contribution in [-0.2, 0) is 0 Å². The van der Waals surface area contributed by atoms with E-state index in [0.29, 0.717) is 0 Å². The minimum atomic E-state index is 0.829. The minimum absolute atomic E-state index is 0.829. The molecule has 0 bridgehead atoms. The van der Waals surface area contributed by atoms with E-state index in [1.165, 1.54) is 22.3 Å². The molecule has 2 heterocycles. The number of hydrogen-bond acceptors (Lipinski definition) is 0. The Hall–Kier alpha value is -0.950. The number of hydrogen-bond donors (Lipinski definition) is 0. The summed E-state index contributed by atoms with van der Waals surface area (Å²) in [5.74, 6) is 0. The molecule has 1 nitrogen and oxygen atoms in total. The van der Waals surface area contributed by atoms with Crippen molar-refractivity contribution in [2.24, 2.45) is 0 Å². The lowest BCUT2D eigenvalue weighted by Crippen LogP contribution is -1.86. The lowest BCUT2D eigenvalue weighted by atomic mass is 10.2. The van der Waals surface area contributed by atoms with Gasteiger partial charge < -0.3 is 4.57 Å². The molecule has 0 atom stereocenters. The molecule has 0 fully saturated rings. The summed E-state index contributed by atoms with van der Waals surface area (Å²) in [6.45, 7) is 2.13. The van der Waals surface area contributed by atoms with Gasteiger partial charge in [-0.15, -0.1) is 0 Å². The molecule has 0 unspecified atom stereocenters. The molecule has 1 aromatic rings. The Labute approximate surface area is 69.2 Å². The molecule has 1 aromatic carbocycles. The summed E-state index contributed by atoms with van der Waals surface area (Å²) in [6.07, 6.45) is 0. The summed E-state index contributed by atoms with van der Waals surface area (Å²) in [7, 11) is 0. The molecule has 3 rings (SSSR count). The fraction of sp³-hybridized carbons (Fsp3) is 0.111. The molecule has 0 N–H and O–H groups in total. The largest absolute Gasteiger partial charge is 0.309 e. The van der Waals surface area contributed by atoms with Crippen LogP contribution in [0.2, 0.25) is 5.02 Å². The average molecular weight is 164 g/mol. The number of fused-ring (bicyclic) bond motifs is 4. The highest BCUT2D eigenvalue weighted by Crippen LogP contribution is 2.44. The minimum Gasteiger partial charge on any atom is -0.309 e. The first-order valence-electron chi connectivity index (χ1n) is 3.60. The predicted octanol–water partition coefficient (Wildman–Crippen LogP) is 2.91. The van der Waals surface area contributed by atoms with Crippen molar-refractivity contribution in [3.05, 3.63) is 28.9 Å². The monoisotopic (exact) mass is 163 g/mol. The Morgan fingerprint density at radius 1 is 1.36 bits per heavy atom. The highest BCUT2D eigenvalue weighted by atomic mass is 35.5. The third-order valence-corrected chi connectivity index (χ3v) is 2.54. The summed E-state index contributed by atoms with van der Waals surface area (Å²) in [4.78, 5) is 0. The molecule has 0 aromatic heterocycles. The zero-order valence-electron chi connectivity index (χ0n) is 6.06. The van der Waals surface area contributed by atoms with E-state index in [1.807, 2.05) is 12.1 Å². The number of aryl methyl sites for hydroxylation is 1. The maximum absolute atomic E-state index is 5.84. The van der Waals surface area contributed by atoms with Crippen LogP contribution in [0.15, 0.2) is 18.2 Å². The van der Waals surface area contributed by atoms with Crippen LogP contribution in [0.25, 0.3) is 16.6 Å². The summed E-state index contributed by atoms with van der Waals surface area (Å²) in [5.41, 5.74) is 4.06. The van der Waals surface area contributed by atoms with E-state index in [4.69, 9.17) is 11.6 Å². The zero-order valence-corrected chi connectivity index (χ0v) is 6.81. The fourth-order valence-corrected chi connectivity index (χ4v) is 1.88. The molecule has 0 aliphatic carbocycles. The van der Waals surface area contributed by atoms with Crippen molar-refractivity contribution in [1.29, 1.82) is 0 Å². The Morgan fingerprint density at radius 2 is 2.18 bits per heavy atom. The number of benzene rings is 1. The van der Waals surface area contributed by atoms with Gasteiger partial charge in [0.05, 0.1) is 11.2 Å². The summed E-state index contributed by atoms with van der Waals surface area (Å²) in [5, 5.41) is 2.14. The second kappa shape index (κ2) is 1.46. The molecule has 0 radical (unpaired) electrons. The highest BCUT2D eigenvalue weighted by molar-refractivity contribution is 6.31. The van der Waals surface area contributed by atoms with Gasteiger partial charge in [0, 0.05) is 16.1 Å². The molecule has 2 aliphatic heterocycles. The first-order chi connectivity index (χ1) is 5.29. The number of rotatable bonds is 0. The topological polar surface area (TPSA) is 4.93 Å². The van der Waals surface area contributed by atoms with Crippen LogP contribution in [0.3, 0.4) is 0 Å². The van der Waals surface area contributed by atoms with Crippen molar-refractivity contribution in [1.82, 2.24) is 4.57 Å². The van der Waals surface area contributed by atoms with Gasteiger partial charge in [-0.1, -0.05) is 11.6 Å². The van der Waals surface area contributed by atoms with E-state index in [0.717, 1.165) is 5.02 Å². The van der Waals surface area contributed by atoms with Crippen LogP contribution in [-0.4, -0.2) is 4.57 Å². The molecule has 11 heavy (non-hydrogen) atoms. The third kappa shape index (κ3) is 0.498. The molecule has 0 spiro atoms. The SMILES string of the molecule is Cc1c2c3cc(Cl)ccc3n1-2. The van der Waals surface area contributed by atoms with Gasteiger partial charge in [0.15, 0.2) is 0 Å². The normalized spacial score (nSPS) is 12.5. The fourth-order valence-electron chi connectivity index (χ4n) is 1.71. The smallest absolute Gasteiger partial charge is 0.0749 e. The van der Waals surface area contributed by atoms with E-state index in [9.17, 15) is 0 Å². The molecule has 2 heteroatoms. The molecule has 0 saturated carbocycles. The standard InChI is InChI=1S/C9H6ClN/c1-5-9-7-4-6(10)2-3-8(7)11(5)9/h2-4H,1H3. The van der Waals surface area contributed by atoms with Gasteiger partial charge in [0.2, 0.25) is 0 Å². The van der Waals surface area contributed by atoms with Gasteiger partial charge in [0.1, 0.15) is 0 Å². The van der Waals surface area contributed by atoms with Gasteiger partial charge >= 0.3 is 0 Å². The van der Waals surface area contributed by atoms with Crippen molar-refractivity contribution in [3.63, 3.8) is 0 Å². The van der Waals surface area contributed by atoms with Crippen molar-refractivity contribution in [2.75, 3.05) is 0 Å². The Kier molecular flexibility index (Phi) is 0.752.